The number of fused-ring (bicyclic) bond motifs is 3. The van der Waals surface area contributed by atoms with E-state index < -0.39 is 0 Å². The summed E-state index contributed by atoms with van der Waals surface area (Å²) in [5.41, 5.74) is 4.71. The first kappa shape index (κ1) is 23.0. The van der Waals surface area contributed by atoms with Gasteiger partial charge in [-0.3, -0.25) is 9.36 Å². The van der Waals surface area contributed by atoms with Crippen LogP contribution in [0.1, 0.15) is 34.2 Å². The van der Waals surface area contributed by atoms with Gasteiger partial charge in [0.15, 0.2) is 9.89 Å². The van der Waals surface area contributed by atoms with E-state index in [2.05, 4.69) is 41.8 Å². The third-order valence-corrected chi connectivity index (χ3v) is 9.68. The molecule has 4 nitrogen and oxygen atoms in total. The Labute approximate surface area is 229 Å². The number of allylic oxidation sites excluding steroid dienone is 1. The number of nitrogens with zero attached hydrogens (tertiary/aromatic N) is 2. The Morgan fingerprint density at radius 1 is 1.03 bits per heavy atom. The van der Waals surface area contributed by atoms with Gasteiger partial charge in [-0.05, 0) is 71.8 Å². The smallest absolute Gasteiger partial charge is 0.271 e. The van der Waals surface area contributed by atoms with E-state index in [1.54, 1.807) is 11.3 Å². The zero-order valence-electron chi connectivity index (χ0n) is 19.4. The fourth-order valence-corrected chi connectivity index (χ4v) is 7.67. The molecule has 37 heavy (non-hydrogen) atoms. The zero-order valence-corrected chi connectivity index (χ0v) is 22.6. The summed E-state index contributed by atoms with van der Waals surface area (Å²) >= 11 is 10.6. The average molecular weight is 559 g/mol. The molecule has 0 radical (unpaired) electrons. The molecule has 0 fully saturated rings. The molecule has 0 amide bonds. The summed E-state index contributed by atoms with van der Waals surface area (Å²) in [5.74, 6) is 0.642. The molecule has 1 aliphatic heterocycles. The summed E-state index contributed by atoms with van der Waals surface area (Å²) in [7, 11) is 0. The van der Waals surface area contributed by atoms with Gasteiger partial charge >= 0.3 is 0 Å². The van der Waals surface area contributed by atoms with Crippen molar-refractivity contribution in [3.63, 3.8) is 0 Å². The molecule has 1 atom stereocenters. The molecule has 2 aromatic carbocycles. The molecule has 1 aliphatic carbocycles. The number of benzene rings is 2. The van der Waals surface area contributed by atoms with Crippen molar-refractivity contribution >= 4 is 57.8 Å². The van der Waals surface area contributed by atoms with Crippen molar-refractivity contribution in [2.75, 3.05) is 0 Å². The first-order valence-electron chi connectivity index (χ1n) is 11.8. The van der Waals surface area contributed by atoms with Crippen LogP contribution in [-0.2, 0) is 6.42 Å². The Balaban J connectivity index is 1.33. The number of thiophene rings is 1. The second-order valence-corrected chi connectivity index (χ2v) is 12.3. The molecule has 0 spiro atoms. The third-order valence-electron chi connectivity index (χ3n) is 6.59. The lowest BCUT2D eigenvalue weighted by atomic mass is 9.85. The predicted octanol–water partition coefficient (Wildman–Crippen LogP) is 6.78. The first-order chi connectivity index (χ1) is 18.1. The SMILES string of the molecule is O=c1c(=Cc2ccc(Sc3ccc(Cl)cc3)o2)sc2n1C(c1cccs1)C1=C(N=2)c2ccccc2CC1. The van der Waals surface area contributed by atoms with Crippen molar-refractivity contribution in [1.82, 2.24) is 4.57 Å². The fourth-order valence-electron chi connectivity index (χ4n) is 4.93. The monoisotopic (exact) mass is 558 g/mol. The average Bonchev–Trinajstić information content (AvgIpc) is 3.66. The summed E-state index contributed by atoms with van der Waals surface area (Å²) in [6.07, 6.45) is 3.68. The summed E-state index contributed by atoms with van der Waals surface area (Å²) in [6.45, 7) is 0. The molecule has 182 valence electrons. The standard InChI is InChI=1S/C29H19ClN2O2S3/c30-18-8-11-20(12-9-18)36-25-14-10-19(34-25)16-24-28(33)32-27(23-6-3-15-35-23)22-13-7-17-4-1-2-5-21(17)26(22)31-29(32)37-24/h1-6,8-12,14-16,27H,7,13H2. The highest BCUT2D eigenvalue weighted by Crippen LogP contribution is 2.42. The number of furan rings is 1. The lowest BCUT2D eigenvalue weighted by molar-refractivity contribution is 0.466. The number of aryl methyl sites for hydroxylation is 1. The van der Waals surface area contributed by atoms with Gasteiger partial charge in [-0.25, -0.2) is 4.99 Å². The van der Waals surface area contributed by atoms with Crippen molar-refractivity contribution in [3.8, 4) is 0 Å². The highest BCUT2D eigenvalue weighted by atomic mass is 35.5. The van der Waals surface area contributed by atoms with Crippen LogP contribution in [0.15, 0.2) is 108 Å². The number of hydrogen-bond acceptors (Lipinski definition) is 6. The van der Waals surface area contributed by atoms with Crippen LogP contribution in [0, 0.1) is 0 Å². The normalized spacial score (nSPS) is 16.8. The van der Waals surface area contributed by atoms with E-state index in [9.17, 15) is 4.79 Å². The fraction of sp³-hybridized carbons (Fsp3) is 0.103. The summed E-state index contributed by atoms with van der Waals surface area (Å²) < 4.78 is 8.54. The van der Waals surface area contributed by atoms with Crippen LogP contribution in [0.5, 0.6) is 0 Å². The van der Waals surface area contributed by atoms with Crippen LogP contribution >= 0.6 is 46.0 Å². The van der Waals surface area contributed by atoms with E-state index in [0.29, 0.717) is 15.3 Å². The molecule has 2 aliphatic rings. The topological polar surface area (TPSA) is 47.5 Å². The maximum absolute atomic E-state index is 13.8. The van der Waals surface area contributed by atoms with E-state index in [1.165, 1.54) is 39.8 Å². The number of rotatable bonds is 4. The van der Waals surface area contributed by atoms with E-state index in [1.807, 2.05) is 47.0 Å². The van der Waals surface area contributed by atoms with E-state index in [-0.39, 0.29) is 11.6 Å². The van der Waals surface area contributed by atoms with Crippen molar-refractivity contribution < 1.29 is 4.42 Å². The van der Waals surface area contributed by atoms with Gasteiger partial charge in [-0.2, -0.15) is 0 Å². The largest absolute Gasteiger partial charge is 0.450 e. The van der Waals surface area contributed by atoms with Crippen LogP contribution in [0.4, 0.5) is 0 Å². The minimum atomic E-state index is -0.130. The molecular weight excluding hydrogens is 540 g/mol. The van der Waals surface area contributed by atoms with Crippen LogP contribution in [0.3, 0.4) is 0 Å². The van der Waals surface area contributed by atoms with Gasteiger partial charge in [0, 0.05) is 26.4 Å². The van der Waals surface area contributed by atoms with Crippen LogP contribution in [0.2, 0.25) is 5.02 Å². The summed E-state index contributed by atoms with van der Waals surface area (Å²) in [4.78, 5) is 21.8. The Morgan fingerprint density at radius 3 is 2.73 bits per heavy atom. The van der Waals surface area contributed by atoms with Gasteiger partial charge in [0.25, 0.3) is 5.56 Å². The van der Waals surface area contributed by atoms with Crippen molar-refractivity contribution in [2.24, 2.45) is 4.99 Å². The van der Waals surface area contributed by atoms with Gasteiger partial charge in [-0.15, -0.1) is 11.3 Å². The lowest BCUT2D eigenvalue weighted by Gasteiger charge is -2.30. The van der Waals surface area contributed by atoms with E-state index >= 15 is 0 Å². The minimum Gasteiger partial charge on any atom is -0.450 e. The van der Waals surface area contributed by atoms with Gasteiger partial charge < -0.3 is 4.42 Å². The second kappa shape index (κ2) is 9.33. The minimum absolute atomic E-state index is 0.0316. The number of thiazole rings is 1. The third kappa shape index (κ3) is 4.16. The molecule has 0 saturated heterocycles. The lowest BCUT2D eigenvalue weighted by Crippen LogP contribution is -2.38. The van der Waals surface area contributed by atoms with Gasteiger partial charge in [0.05, 0.1) is 16.3 Å². The van der Waals surface area contributed by atoms with Crippen molar-refractivity contribution in [2.45, 2.75) is 28.9 Å². The summed E-state index contributed by atoms with van der Waals surface area (Å²) in [6, 6.07) is 24.0. The number of aromatic nitrogens is 1. The molecular formula is C29H19ClN2O2S3. The quantitative estimate of drug-likeness (QED) is 0.244. The molecule has 7 rings (SSSR count). The maximum atomic E-state index is 13.8. The highest BCUT2D eigenvalue weighted by molar-refractivity contribution is 7.99. The Morgan fingerprint density at radius 2 is 1.89 bits per heavy atom. The van der Waals surface area contributed by atoms with Crippen molar-refractivity contribution in [1.29, 1.82) is 0 Å². The zero-order chi connectivity index (χ0) is 24.9. The van der Waals surface area contributed by atoms with Gasteiger partial charge in [-0.1, -0.05) is 65.0 Å². The Hall–Kier alpha value is -3.10. The van der Waals surface area contributed by atoms with Crippen LogP contribution in [-0.4, -0.2) is 4.57 Å². The van der Waals surface area contributed by atoms with Crippen LogP contribution < -0.4 is 14.9 Å². The maximum Gasteiger partial charge on any atom is 0.271 e. The molecule has 0 N–H and O–H groups in total. The Bertz CT molecular complexity index is 1840. The summed E-state index contributed by atoms with van der Waals surface area (Å²) in [5, 5.41) is 3.53. The van der Waals surface area contributed by atoms with E-state index in [4.69, 9.17) is 21.0 Å². The number of halogens is 1. The van der Waals surface area contributed by atoms with E-state index in [0.717, 1.165) is 38.2 Å². The molecule has 8 heteroatoms. The molecule has 5 aromatic rings. The van der Waals surface area contributed by atoms with Gasteiger partial charge in [0.1, 0.15) is 5.76 Å². The van der Waals surface area contributed by atoms with Gasteiger partial charge in [0.2, 0.25) is 0 Å². The van der Waals surface area contributed by atoms with Crippen molar-refractivity contribution in [3.05, 3.63) is 130 Å². The number of hydrogen-bond donors (Lipinski definition) is 0. The second-order valence-electron chi connectivity index (χ2n) is 8.84. The highest BCUT2D eigenvalue weighted by Gasteiger charge is 2.33. The Kier molecular flexibility index (Phi) is 5.81. The molecule has 0 saturated carbocycles. The van der Waals surface area contributed by atoms with Crippen LogP contribution in [0.25, 0.3) is 11.8 Å². The predicted molar refractivity (Wildman–Crippen MR) is 151 cm³/mol. The molecule has 4 heterocycles. The first-order valence-corrected chi connectivity index (χ1v) is 14.7. The molecule has 1 unspecified atom stereocenters. The molecule has 3 aromatic heterocycles. The molecule has 0 bridgehead atoms.